The molecule has 1 atom stereocenters. The molecule has 0 saturated carbocycles. The molecule has 1 aliphatic rings. The predicted molar refractivity (Wildman–Crippen MR) is 74.7 cm³/mol. The van der Waals surface area contributed by atoms with E-state index >= 15 is 0 Å². The summed E-state index contributed by atoms with van der Waals surface area (Å²) in [6.07, 6.45) is 1.78. The second-order valence-corrected chi connectivity index (χ2v) is 6.01. The highest BCUT2D eigenvalue weighted by atomic mass is 16.2. The standard InChI is InChI=1S/C15H22N2O/c1-15(2,3)11-7-4-5-9-13(11)17-10-6-8-12(16)14(17)18/h4-5,7,9,12H,6,8,10,16H2,1-3H3. The molecule has 2 rings (SSSR count). The van der Waals surface area contributed by atoms with Crippen molar-refractivity contribution in [2.24, 2.45) is 5.73 Å². The van der Waals surface area contributed by atoms with Gasteiger partial charge in [0.1, 0.15) is 0 Å². The molecule has 98 valence electrons. The first-order chi connectivity index (χ1) is 8.41. The van der Waals surface area contributed by atoms with Crippen molar-refractivity contribution < 1.29 is 4.79 Å². The van der Waals surface area contributed by atoms with Crippen LogP contribution in [0.2, 0.25) is 0 Å². The Balaban J connectivity index is 2.42. The molecule has 1 heterocycles. The first-order valence-corrected chi connectivity index (χ1v) is 6.58. The van der Waals surface area contributed by atoms with Gasteiger partial charge in [-0.15, -0.1) is 0 Å². The van der Waals surface area contributed by atoms with Crippen LogP contribution in [-0.4, -0.2) is 18.5 Å². The van der Waals surface area contributed by atoms with E-state index in [0.29, 0.717) is 0 Å². The number of amides is 1. The maximum Gasteiger partial charge on any atom is 0.243 e. The van der Waals surface area contributed by atoms with Gasteiger partial charge in [-0.05, 0) is 29.9 Å². The normalized spacial score (nSPS) is 21.2. The van der Waals surface area contributed by atoms with Crippen molar-refractivity contribution in [1.29, 1.82) is 0 Å². The number of para-hydroxylation sites is 1. The van der Waals surface area contributed by atoms with Crippen molar-refractivity contribution in [3.8, 4) is 0 Å². The smallest absolute Gasteiger partial charge is 0.243 e. The van der Waals surface area contributed by atoms with Crippen LogP contribution in [0.15, 0.2) is 24.3 Å². The summed E-state index contributed by atoms with van der Waals surface area (Å²) in [6.45, 7) is 7.28. The van der Waals surface area contributed by atoms with Gasteiger partial charge in [0, 0.05) is 12.2 Å². The third-order valence-electron chi connectivity index (χ3n) is 3.48. The molecule has 1 unspecified atom stereocenters. The summed E-state index contributed by atoms with van der Waals surface area (Å²) in [5, 5.41) is 0. The van der Waals surface area contributed by atoms with Crippen LogP contribution < -0.4 is 10.6 Å². The lowest BCUT2D eigenvalue weighted by molar-refractivity contribution is -0.120. The number of rotatable bonds is 1. The summed E-state index contributed by atoms with van der Waals surface area (Å²) in [4.78, 5) is 14.1. The molecule has 0 aliphatic carbocycles. The molecule has 1 amide bonds. The molecule has 1 saturated heterocycles. The van der Waals surface area contributed by atoms with Crippen LogP contribution in [0.4, 0.5) is 5.69 Å². The minimum absolute atomic E-state index is 0.0262. The second-order valence-electron chi connectivity index (χ2n) is 6.01. The van der Waals surface area contributed by atoms with Crippen molar-refractivity contribution in [3.05, 3.63) is 29.8 Å². The summed E-state index contributed by atoms with van der Waals surface area (Å²) in [6, 6.07) is 7.79. The van der Waals surface area contributed by atoms with Gasteiger partial charge in [-0.25, -0.2) is 0 Å². The summed E-state index contributed by atoms with van der Waals surface area (Å²) in [7, 11) is 0. The third kappa shape index (κ3) is 2.41. The number of benzene rings is 1. The Morgan fingerprint density at radius 2 is 1.94 bits per heavy atom. The molecule has 1 fully saturated rings. The van der Waals surface area contributed by atoms with Crippen LogP contribution in [0.3, 0.4) is 0 Å². The molecule has 2 N–H and O–H groups in total. The summed E-state index contributed by atoms with van der Waals surface area (Å²) < 4.78 is 0. The lowest BCUT2D eigenvalue weighted by Gasteiger charge is -2.34. The van der Waals surface area contributed by atoms with Gasteiger partial charge < -0.3 is 10.6 Å². The van der Waals surface area contributed by atoms with Gasteiger partial charge in [-0.1, -0.05) is 39.0 Å². The van der Waals surface area contributed by atoms with E-state index in [9.17, 15) is 4.79 Å². The van der Waals surface area contributed by atoms with Crippen molar-refractivity contribution in [2.75, 3.05) is 11.4 Å². The summed E-state index contributed by atoms with van der Waals surface area (Å²) in [5.41, 5.74) is 8.12. The minimum atomic E-state index is -0.341. The SMILES string of the molecule is CC(C)(C)c1ccccc1N1CCCC(N)C1=O. The highest BCUT2D eigenvalue weighted by Crippen LogP contribution is 2.33. The fourth-order valence-corrected chi connectivity index (χ4v) is 2.49. The topological polar surface area (TPSA) is 46.3 Å². The second kappa shape index (κ2) is 4.73. The van der Waals surface area contributed by atoms with E-state index in [-0.39, 0.29) is 17.4 Å². The number of piperidine rings is 1. The van der Waals surface area contributed by atoms with E-state index < -0.39 is 0 Å². The number of nitrogens with two attached hydrogens (primary N) is 1. The van der Waals surface area contributed by atoms with Crippen molar-refractivity contribution in [2.45, 2.75) is 45.1 Å². The molecule has 1 aliphatic heterocycles. The number of anilines is 1. The van der Waals surface area contributed by atoms with E-state index in [1.54, 1.807) is 0 Å². The molecule has 3 heteroatoms. The van der Waals surface area contributed by atoms with Gasteiger partial charge in [0.2, 0.25) is 5.91 Å². The largest absolute Gasteiger partial charge is 0.320 e. The average molecular weight is 246 g/mol. The zero-order valence-corrected chi connectivity index (χ0v) is 11.4. The zero-order valence-electron chi connectivity index (χ0n) is 11.4. The van der Waals surface area contributed by atoms with Gasteiger partial charge in [-0.2, -0.15) is 0 Å². The fraction of sp³-hybridized carbons (Fsp3) is 0.533. The van der Waals surface area contributed by atoms with Crippen molar-refractivity contribution in [3.63, 3.8) is 0 Å². The molecule has 0 bridgehead atoms. The number of nitrogens with zero attached hydrogens (tertiary/aromatic N) is 1. The Kier molecular flexibility index (Phi) is 3.44. The van der Waals surface area contributed by atoms with E-state index in [4.69, 9.17) is 5.73 Å². The number of hydrogen-bond donors (Lipinski definition) is 1. The van der Waals surface area contributed by atoms with Gasteiger partial charge in [0.05, 0.1) is 6.04 Å². The predicted octanol–water partition coefficient (Wildman–Crippen LogP) is 2.44. The van der Waals surface area contributed by atoms with E-state index in [1.807, 2.05) is 23.1 Å². The summed E-state index contributed by atoms with van der Waals surface area (Å²) >= 11 is 0. The minimum Gasteiger partial charge on any atom is -0.320 e. The Morgan fingerprint density at radius 1 is 1.28 bits per heavy atom. The number of hydrogen-bond acceptors (Lipinski definition) is 2. The van der Waals surface area contributed by atoms with E-state index in [0.717, 1.165) is 25.1 Å². The molecule has 1 aromatic carbocycles. The fourth-order valence-electron chi connectivity index (χ4n) is 2.49. The van der Waals surface area contributed by atoms with Crippen LogP contribution in [0.1, 0.15) is 39.2 Å². The van der Waals surface area contributed by atoms with Crippen LogP contribution in [0.25, 0.3) is 0 Å². The Labute approximate surface area is 109 Å². The third-order valence-corrected chi connectivity index (χ3v) is 3.48. The van der Waals surface area contributed by atoms with E-state index in [1.165, 1.54) is 5.56 Å². The molecule has 0 spiro atoms. The average Bonchev–Trinajstić information content (AvgIpc) is 2.32. The molecule has 18 heavy (non-hydrogen) atoms. The highest BCUT2D eigenvalue weighted by Gasteiger charge is 2.30. The molecular weight excluding hydrogens is 224 g/mol. The summed E-state index contributed by atoms with van der Waals surface area (Å²) in [5.74, 6) is 0.0537. The highest BCUT2D eigenvalue weighted by molar-refractivity contribution is 5.98. The first-order valence-electron chi connectivity index (χ1n) is 6.58. The Bertz CT molecular complexity index is 448. The quantitative estimate of drug-likeness (QED) is 0.827. The maximum absolute atomic E-state index is 12.2. The number of carbonyl (C=O) groups is 1. The zero-order chi connectivity index (χ0) is 13.3. The van der Waals surface area contributed by atoms with Gasteiger partial charge in [-0.3, -0.25) is 4.79 Å². The van der Waals surface area contributed by atoms with Crippen molar-refractivity contribution >= 4 is 11.6 Å². The lowest BCUT2D eigenvalue weighted by atomic mass is 9.85. The van der Waals surface area contributed by atoms with Gasteiger partial charge in [0.25, 0.3) is 0 Å². The van der Waals surface area contributed by atoms with Gasteiger partial charge in [0.15, 0.2) is 0 Å². The van der Waals surface area contributed by atoms with Crippen LogP contribution in [0, 0.1) is 0 Å². The Morgan fingerprint density at radius 3 is 2.61 bits per heavy atom. The van der Waals surface area contributed by atoms with Crippen molar-refractivity contribution in [1.82, 2.24) is 0 Å². The number of carbonyl (C=O) groups excluding carboxylic acids is 1. The van der Waals surface area contributed by atoms with Crippen LogP contribution in [0.5, 0.6) is 0 Å². The van der Waals surface area contributed by atoms with Crippen LogP contribution >= 0.6 is 0 Å². The Hall–Kier alpha value is -1.35. The molecule has 0 aromatic heterocycles. The first kappa shape index (κ1) is 13.1. The molecule has 1 aromatic rings. The van der Waals surface area contributed by atoms with E-state index in [2.05, 4.69) is 26.8 Å². The van der Waals surface area contributed by atoms with Crippen LogP contribution in [-0.2, 0) is 10.2 Å². The van der Waals surface area contributed by atoms with Gasteiger partial charge >= 0.3 is 0 Å². The maximum atomic E-state index is 12.2. The monoisotopic (exact) mass is 246 g/mol. The molecule has 0 radical (unpaired) electrons. The molecular formula is C15H22N2O. The lowest BCUT2D eigenvalue weighted by Crippen LogP contribution is -2.49. The molecule has 3 nitrogen and oxygen atoms in total.